The Hall–Kier alpha value is -1.02. The first-order valence-electron chi connectivity index (χ1n) is 9.58. The van der Waals surface area contributed by atoms with E-state index in [0.717, 1.165) is 56.4 Å². The van der Waals surface area contributed by atoms with E-state index in [1.165, 1.54) is 5.56 Å². The lowest BCUT2D eigenvalue weighted by molar-refractivity contribution is -0.129. The Balaban J connectivity index is 0.00000364. The summed E-state index contributed by atoms with van der Waals surface area (Å²) in [4.78, 5) is 20.9. The van der Waals surface area contributed by atoms with Gasteiger partial charge < -0.3 is 15.1 Å². The molecule has 1 aliphatic heterocycles. The van der Waals surface area contributed by atoms with Gasteiger partial charge in [-0.05, 0) is 43.9 Å². The summed E-state index contributed by atoms with van der Waals surface area (Å²) in [5.41, 5.74) is 1.19. The number of guanidine groups is 1. The lowest BCUT2D eigenvalue weighted by atomic mass is 10.1. The summed E-state index contributed by atoms with van der Waals surface area (Å²) in [6.07, 6.45) is 3.58. The lowest BCUT2D eigenvalue weighted by Gasteiger charge is -2.27. The van der Waals surface area contributed by atoms with Crippen LogP contribution in [0.3, 0.4) is 0 Å². The number of nitrogens with one attached hydrogen (secondary N) is 1. The highest BCUT2D eigenvalue weighted by Crippen LogP contribution is 2.18. The van der Waals surface area contributed by atoms with Crippen molar-refractivity contribution in [3.63, 3.8) is 0 Å². The molecule has 0 aliphatic carbocycles. The largest absolute Gasteiger partial charge is 0.357 e. The SMILES string of the molecule is CCNC(=NCCC(CC)N1CCCC1=O)N(C)Cc1ccc(Cl)cc1.I. The molecule has 1 aromatic rings. The lowest BCUT2D eigenvalue weighted by Crippen LogP contribution is -2.39. The van der Waals surface area contributed by atoms with Crippen molar-refractivity contribution in [3.8, 4) is 0 Å². The van der Waals surface area contributed by atoms with Crippen LogP contribution in [0.15, 0.2) is 29.3 Å². The van der Waals surface area contributed by atoms with Crippen molar-refractivity contribution in [1.82, 2.24) is 15.1 Å². The molecule has 0 saturated carbocycles. The van der Waals surface area contributed by atoms with Crippen molar-refractivity contribution >= 4 is 47.4 Å². The van der Waals surface area contributed by atoms with Crippen LogP contribution in [0.1, 0.15) is 45.1 Å². The fraction of sp³-hybridized carbons (Fsp3) is 0.600. The zero-order chi connectivity index (χ0) is 18.9. The molecule has 1 saturated heterocycles. The maximum Gasteiger partial charge on any atom is 0.222 e. The number of amides is 1. The summed E-state index contributed by atoms with van der Waals surface area (Å²) in [5.74, 6) is 1.19. The molecule has 0 spiro atoms. The first-order chi connectivity index (χ1) is 12.5. The summed E-state index contributed by atoms with van der Waals surface area (Å²) in [7, 11) is 2.04. The topological polar surface area (TPSA) is 47.9 Å². The minimum absolute atomic E-state index is 0. The molecule has 2 rings (SSSR count). The molecular weight excluding hydrogens is 475 g/mol. The highest BCUT2D eigenvalue weighted by Gasteiger charge is 2.26. The molecule has 0 bridgehead atoms. The van der Waals surface area contributed by atoms with E-state index in [0.29, 0.717) is 18.4 Å². The van der Waals surface area contributed by atoms with E-state index in [1.807, 2.05) is 36.2 Å². The second-order valence-electron chi connectivity index (χ2n) is 6.76. The van der Waals surface area contributed by atoms with Crippen LogP contribution < -0.4 is 5.32 Å². The van der Waals surface area contributed by atoms with E-state index >= 15 is 0 Å². The number of carbonyl (C=O) groups is 1. The normalized spacial score (nSPS) is 15.5. The molecule has 152 valence electrons. The molecule has 1 aliphatic rings. The monoisotopic (exact) mass is 506 g/mol. The van der Waals surface area contributed by atoms with Gasteiger partial charge in [0.25, 0.3) is 0 Å². The summed E-state index contributed by atoms with van der Waals surface area (Å²) in [6.45, 7) is 7.44. The van der Waals surface area contributed by atoms with E-state index in [2.05, 4.69) is 24.1 Å². The molecular formula is C20H32ClIN4O. The van der Waals surface area contributed by atoms with Crippen LogP contribution in [0, 0.1) is 0 Å². The van der Waals surface area contributed by atoms with Gasteiger partial charge in [-0.3, -0.25) is 9.79 Å². The standard InChI is InChI=1S/C20H31ClN4O.HI/c1-4-18(25-14-6-7-19(25)26)12-13-23-20(22-5-2)24(3)15-16-8-10-17(21)11-9-16;/h8-11,18H,4-7,12-15H2,1-3H3,(H,22,23);1H. The van der Waals surface area contributed by atoms with Gasteiger partial charge in [0.05, 0.1) is 0 Å². The van der Waals surface area contributed by atoms with Crippen LogP contribution >= 0.6 is 35.6 Å². The van der Waals surface area contributed by atoms with Gasteiger partial charge in [-0.15, -0.1) is 24.0 Å². The third kappa shape index (κ3) is 7.49. The molecule has 0 radical (unpaired) electrons. The quantitative estimate of drug-likeness (QED) is 0.327. The van der Waals surface area contributed by atoms with Crippen LogP contribution in [0.25, 0.3) is 0 Å². The summed E-state index contributed by atoms with van der Waals surface area (Å²) in [5, 5.41) is 4.10. The van der Waals surface area contributed by atoms with Gasteiger partial charge in [0, 0.05) is 50.7 Å². The smallest absolute Gasteiger partial charge is 0.222 e. The zero-order valence-electron chi connectivity index (χ0n) is 16.6. The minimum Gasteiger partial charge on any atom is -0.357 e. The molecule has 1 N–H and O–H groups in total. The van der Waals surface area contributed by atoms with Crippen molar-refractivity contribution in [2.24, 2.45) is 4.99 Å². The van der Waals surface area contributed by atoms with Crippen LogP contribution in [0.4, 0.5) is 0 Å². The number of aliphatic imine (C=N–C) groups is 1. The maximum atomic E-state index is 12.0. The third-order valence-corrected chi connectivity index (χ3v) is 5.03. The first-order valence-corrected chi connectivity index (χ1v) is 9.96. The average molecular weight is 507 g/mol. The van der Waals surface area contributed by atoms with Crippen LogP contribution in [0.2, 0.25) is 5.02 Å². The number of halogens is 2. The van der Waals surface area contributed by atoms with E-state index < -0.39 is 0 Å². The minimum atomic E-state index is 0. The Labute approximate surface area is 185 Å². The van der Waals surface area contributed by atoms with E-state index in [4.69, 9.17) is 16.6 Å². The van der Waals surface area contributed by atoms with Crippen LogP contribution in [0.5, 0.6) is 0 Å². The molecule has 27 heavy (non-hydrogen) atoms. The number of hydrogen-bond donors (Lipinski definition) is 1. The molecule has 1 atom stereocenters. The second-order valence-corrected chi connectivity index (χ2v) is 7.20. The highest BCUT2D eigenvalue weighted by molar-refractivity contribution is 14.0. The van der Waals surface area contributed by atoms with Gasteiger partial charge in [-0.2, -0.15) is 0 Å². The number of nitrogens with zero attached hydrogens (tertiary/aromatic N) is 3. The van der Waals surface area contributed by atoms with Crippen molar-refractivity contribution < 1.29 is 4.79 Å². The molecule has 7 heteroatoms. The van der Waals surface area contributed by atoms with Gasteiger partial charge in [0.2, 0.25) is 5.91 Å². The molecule has 5 nitrogen and oxygen atoms in total. The predicted molar refractivity (Wildman–Crippen MR) is 124 cm³/mol. The van der Waals surface area contributed by atoms with E-state index in [-0.39, 0.29) is 24.0 Å². The fourth-order valence-corrected chi connectivity index (χ4v) is 3.49. The Kier molecular flexibility index (Phi) is 11.1. The first kappa shape index (κ1) is 24.0. The van der Waals surface area contributed by atoms with Gasteiger partial charge in [-0.1, -0.05) is 30.7 Å². The van der Waals surface area contributed by atoms with E-state index in [9.17, 15) is 4.79 Å². The van der Waals surface area contributed by atoms with Gasteiger partial charge >= 0.3 is 0 Å². The zero-order valence-corrected chi connectivity index (χ0v) is 19.7. The van der Waals surface area contributed by atoms with Gasteiger partial charge in [-0.25, -0.2) is 0 Å². The predicted octanol–water partition coefficient (Wildman–Crippen LogP) is 4.15. The Bertz CT molecular complexity index is 609. The Morgan fingerprint density at radius 3 is 2.59 bits per heavy atom. The maximum absolute atomic E-state index is 12.0. The fourth-order valence-electron chi connectivity index (χ4n) is 3.36. The molecule has 1 fully saturated rings. The van der Waals surface area contributed by atoms with Crippen LogP contribution in [-0.2, 0) is 11.3 Å². The second kappa shape index (κ2) is 12.4. The number of likely N-dealkylation sites (tertiary alicyclic amines) is 1. The van der Waals surface area contributed by atoms with Crippen LogP contribution in [-0.4, -0.2) is 54.4 Å². The third-order valence-electron chi connectivity index (χ3n) is 4.78. The number of hydrogen-bond acceptors (Lipinski definition) is 2. The summed E-state index contributed by atoms with van der Waals surface area (Å²) in [6, 6.07) is 8.20. The number of carbonyl (C=O) groups excluding carboxylic acids is 1. The van der Waals surface area contributed by atoms with Crippen molar-refractivity contribution in [1.29, 1.82) is 0 Å². The highest BCUT2D eigenvalue weighted by atomic mass is 127. The number of rotatable bonds is 8. The Morgan fingerprint density at radius 1 is 1.33 bits per heavy atom. The van der Waals surface area contributed by atoms with Crippen molar-refractivity contribution in [2.45, 2.75) is 52.1 Å². The summed E-state index contributed by atoms with van der Waals surface area (Å²) >= 11 is 5.96. The van der Waals surface area contributed by atoms with E-state index in [1.54, 1.807) is 0 Å². The van der Waals surface area contributed by atoms with Gasteiger partial charge in [0.1, 0.15) is 0 Å². The molecule has 1 aromatic carbocycles. The molecule has 1 heterocycles. The molecule has 1 amide bonds. The number of benzene rings is 1. The Morgan fingerprint density at radius 2 is 2.04 bits per heavy atom. The average Bonchev–Trinajstić information content (AvgIpc) is 3.05. The van der Waals surface area contributed by atoms with Crippen molar-refractivity contribution in [3.05, 3.63) is 34.9 Å². The molecule has 1 unspecified atom stereocenters. The van der Waals surface area contributed by atoms with Gasteiger partial charge in [0.15, 0.2) is 5.96 Å². The summed E-state index contributed by atoms with van der Waals surface area (Å²) < 4.78 is 0. The van der Waals surface area contributed by atoms with Crippen molar-refractivity contribution in [2.75, 3.05) is 26.7 Å². The molecule has 0 aromatic heterocycles.